The van der Waals surface area contributed by atoms with Crippen molar-refractivity contribution in [2.75, 3.05) is 6.61 Å². The van der Waals surface area contributed by atoms with Crippen LogP contribution in [0.15, 0.2) is 30.3 Å². The van der Waals surface area contributed by atoms with E-state index in [9.17, 15) is 9.59 Å². The molecule has 5 heteroatoms. The second-order valence-corrected chi connectivity index (χ2v) is 6.52. The van der Waals surface area contributed by atoms with Gasteiger partial charge in [-0.2, -0.15) is 0 Å². The number of hydrogen-bond donors (Lipinski definition) is 0. The summed E-state index contributed by atoms with van der Waals surface area (Å²) in [4.78, 5) is 25.4. The second-order valence-electron chi connectivity index (χ2n) is 5.47. The molecule has 0 spiro atoms. The van der Waals surface area contributed by atoms with Crippen molar-refractivity contribution in [2.24, 2.45) is 0 Å². The Balaban J connectivity index is 1.62. The van der Waals surface area contributed by atoms with Gasteiger partial charge in [-0.1, -0.05) is 24.3 Å². The standard InChI is InChI=1S/C17H14O4S/c18-16-13(7-8-20-16)21-17(19)14-9-11-6-5-10-3-1-2-4-12(10)15(11)22-14/h1-4,9,13H,5-8H2/t13-/m0/s1. The Kier molecular flexibility index (Phi) is 3.22. The monoisotopic (exact) mass is 314 g/mol. The average Bonchev–Trinajstić information content (AvgIpc) is 3.14. The van der Waals surface area contributed by atoms with Crippen molar-refractivity contribution in [3.8, 4) is 10.4 Å². The topological polar surface area (TPSA) is 52.6 Å². The van der Waals surface area contributed by atoms with Crippen molar-refractivity contribution in [3.63, 3.8) is 0 Å². The fourth-order valence-electron chi connectivity index (χ4n) is 2.94. The number of ether oxygens (including phenoxy) is 2. The Morgan fingerprint density at radius 1 is 1.23 bits per heavy atom. The quantitative estimate of drug-likeness (QED) is 0.800. The van der Waals surface area contributed by atoms with Gasteiger partial charge in [-0.25, -0.2) is 9.59 Å². The van der Waals surface area contributed by atoms with Crippen molar-refractivity contribution in [1.82, 2.24) is 0 Å². The Bertz CT molecular complexity index is 762. The highest BCUT2D eigenvalue weighted by molar-refractivity contribution is 7.17. The normalized spacial score (nSPS) is 19.3. The number of benzene rings is 1. The van der Waals surface area contributed by atoms with Crippen LogP contribution in [0.4, 0.5) is 0 Å². The van der Waals surface area contributed by atoms with Crippen molar-refractivity contribution < 1.29 is 19.1 Å². The van der Waals surface area contributed by atoms with E-state index in [-0.39, 0.29) is 0 Å². The second kappa shape index (κ2) is 5.25. The van der Waals surface area contributed by atoms with E-state index in [4.69, 9.17) is 9.47 Å². The molecule has 1 aliphatic carbocycles. The molecule has 2 aliphatic rings. The molecular weight excluding hydrogens is 300 g/mol. The van der Waals surface area contributed by atoms with Crippen molar-refractivity contribution in [3.05, 3.63) is 46.3 Å². The zero-order valence-corrected chi connectivity index (χ0v) is 12.7. The highest BCUT2D eigenvalue weighted by Crippen LogP contribution is 2.39. The van der Waals surface area contributed by atoms with Crippen molar-refractivity contribution in [1.29, 1.82) is 0 Å². The Morgan fingerprint density at radius 3 is 2.86 bits per heavy atom. The molecule has 1 aromatic carbocycles. The Labute approximate surface area is 131 Å². The minimum atomic E-state index is -0.751. The molecule has 4 nitrogen and oxygen atoms in total. The molecular formula is C17H14O4S. The van der Waals surface area contributed by atoms with E-state index in [1.807, 2.05) is 18.2 Å². The number of thiophene rings is 1. The number of hydrogen-bond acceptors (Lipinski definition) is 5. The first-order valence-corrected chi connectivity index (χ1v) is 8.12. The SMILES string of the molecule is O=C(O[C@H]1CCOC1=O)c1cc2c(s1)-c1ccccc1CC2. The molecule has 22 heavy (non-hydrogen) atoms. The summed E-state index contributed by atoms with van der Waals surface area (Å²) in [5.74, 6) is -0.874. The number of carbonyl (C=O) groups is 2. The molecule has 112 valence electrons. The van der Waals surface area contributed by atoms with Crippen LogP contribution in [0.1, 0.15) is 27.2 Å². The lowest BCUT2D eigenvalue weighted by molar-refractivity contribution is -0.145. The number of esters is 2. The van der Waals surface area contributed by atoms with Crippen LogP contribution in [0.25, 0.3) is 10.4 Å². The summed E-state index contributed by atoms with van der Waals surface area (Å²) in [6.45, 7) is 0.324. The summed E-state index contributed by atoms with van der Waals surface area (Å²) in [6.07, 6.45) is 1.61. The molecule has 0 unspecified atom stereocenters. The van der Waals surface area contributed by atoms with E-state index in [2.05, 4.69) is 12.1 Å². The summed E-state index contributed by atoms with van der Waals surface area (Å²) < 4.78 is 10.1. The lowest BCUT2D eigenvalue weighted by Gasteiger charge is -2.15. The molecule has 0 amide bonds. The molecule has 1 saturated heterocycles. The van der Waals surface area contributed by atoms with E-state index in [1.165, 1.54) is 28.0 Å². The lowest BCUT2D eigenvalue weighted by atomic mass is 9.91. The van der Waals surface area contributed by atoms with Gasteiger partial charge in [-0.3, -0.25) is 0 Å². The Hall–Kier alpha value is -2.14. The van der Waals surface area contributed by atoms with Crippen LogP contribution >= 0.6 is 11.3 Å². The lowest BCUT2D eigenvalue weighted by Crippen LogP contribution is -2.22. The van der Waals surface area contributed by atoms with Gasteiger partial charge in [0.1, 0.15) is 4.88 Å². The van der Waals surface area contributed by atoms with Gasteiger partial charge in [0, 0.05) is 11.3 Å². The third kappa shape index (κ3) is 2.22. The minimum absolute atomic E-state index is 0.324. The van der Waals surface area contributed by atoms with Gasteiger partial charge < -0.3 is 9.47 Å². The largest absolute Gasteiger partial charge is 0.463 e. The zero-order valence-electron chi connectivity index (χ0n) is 11.8. The molecule has 0 bridgehead atoms. The minimum Gasteiger partial charge on any atom is -0.463 e. The first-order chi connectivity index (χ1) is 10.7. The fourth-order valence-corrected chi connectivity index (χ4v) is 4.10. The molecule has 4 rings (SSSR count). The van der Waals surface area contributed by atoms with Gasteiger partial charge >= 0.3 is 11.9 Å². The zero-order chi connectivity index (χ0) is 15.1. The molecule has 1 aromatic heterocycles. The van der Waals surface area contributed by atoms with Crippen LogP contribution in [0.3, 0.4) is 0 Å². The third-order valence-electron chi connectivity index (χ3n) is 4.07. The maximum atomic E-state index is 12.3. The molecule has 2 aromatic rings. The number of rotatable bonds is 2. The van der Waals surface area contributed by atoms with Gasteiger partial charge in [-0.15, -0.1) is 11.3 Å². The van der Waals surface area contributed by atoms with Crippen LogP contribution < -0.4 is 0 Å². The van der Waals surface area contributed by atoms with Crippen LogP contribution in [0.2, 0.25) is 0 Å². The fraction of sp³-hybridized carbons (Fsp3) is 0.294. The highest BCUT2D eigenvalue weighted by Gasteiger charge is 2.31. The number of carbonyl (C=O) groups excluding carboxylic acids is 2. The molecule has 0 N–H and O–H groups in total. The molecule has 1 fully saturated rings. The predicted molar refractivity (Wildman–Crippen MR) is 81.9 cm³/mol. The van der Waals surface area contributed by atoms with Gasteiger partial charge in [0.25, 0.3) is 0 Å². The van der Waals surface area contributed by atoms with Gasteiger partial charge in [0.2, 0.25) is 6.10 Å². The first-order valence-electron chi connectivity index (χ1n) is 7.31. The predicted octanol–water partition coefficient (Wildman–Crippen LogP) is 2.99. The first kappa shape index (κ1) is 13.5. The number of cyclic esters (lactones) is 1. The van der Waals surface area contributed by atoms with Crippen LogP contribution in [-0.4, -0.2) is 24.6 Å². The summed E-state index contributed by atoms with van der Waals surface area (Å²) >= 11 is 1.44. The van der Waals surface area contributed by atoms with Gasteiger partial charge in [-0.05, 0) is 35.6 Å². The van der Waals surface area contributed by atoms with E-state index >= 15 is 0 Å². The van der Waals surface area contributed by atoms with Gasteiger partial charge in [0.05, 0.1) is 6.61 Å². The van der Waals surface area contributed by atoms with E-state index in [0.29, 0.717) is 17.9 Å². The molecule has 1 atom stereocenters. The summed E-state index contributed by atoms with van der Waals surface area (Å²) in [7, 11) is 0. The molecule has 0 radical (unpaired) electrons. The van der Waals surface area contributed by atoms with Crippen molar-refractivity contribution in [2.45, 2.75) is 25.4 Å². The van der Waals surface area contributed by atoms with Crippen LogP contribution in [-0.2, 0) is 27.1 Å². The van der Waals surface area contributed by atoms with Gasteiger partial charge in [0.15, 0.2) is 0 Å². The smallest absolute Gasteiger partial charge is 0.349 e. The third-order valence-corrected chi connectivity index (χ3v) is 5.26. The van der Waals surface area contributed by atoms with Crippen LogP contribution in [0, 0.1) is 0 Å². The summed E-state index contributed by atoms with van der Waals surface area (Å²) in [5.41, 5.74) is 3.70. The maximum absolute atomic E-state index is 12.3. The number of fused-ring (bicyclic) bond motifs is 3. The Morgan fingerprint density at radius 2 is 2.05 bits per heavy atom. The van der Waals surface area contributed by atoms with E-state index < -0.39 is 18.0 Å². The molecule has 1 aliphatic heterocycles. The summed E-state index contributed by atoms with van der Waals surface area (Å²) in [6, 6.07) is 10.2. The highest BCUT2D eigenvalue weighted by atomic mass is 32.1. The van der Waals surface area contributed by atoms with Crippen LogP contribution in [0.5, 0.6) is 0 Å². The molecule has 2 heterocycles. The number of aryl methyl sites for hydroxylation is 2. The molecule has 0 saturated carbocycles. The summed E-state index contributed by atoms with van der Waals surface area (Å²) in [5, 5.41) is 0. The maximum Gasteiger partial charge on any atom is 0.349 e. The van der Waals surface area contributed by atoms with Crippen molar-refractivity contribution >= 4 is 23.3 Å². The van der Waals surface area contributed by atoms with E-state index in [0.717, 1.165) is 17.7 Å². The van der Waals surface area contributed by atoms with E-state index in [1.54, 1.807) is 0 Å². The average molecular weight is 314 g/mol.